The van der Waals surface area contributed by atoms with E-state index >= 15 is 0 Å². The fourth-order valence-corrected chi connectivity index (χ4v) is 2.38. The number of likely N-dealkylation sites (N-methyl/N-ethyl adjacent to an activating group) is 1. The molecule has 1 aliphatic rings. The van der Waals surface area contributed by atoms with Crippen LogP contribution >= 0.6 is 0 Å². The SMILES string of the molecule is CCNC1CC(C(=O)O)CN(CCNC(C)=O)C1. The number of hydrogen-bond acceptors (Lipinski definition) is 4. The van der Waals surface area contributed by atoms with Crippen LogP contribution in [0.2, 0.25) is 0 Å². The van der Waals surface area contributed by atoms with Crippen LogP contribution in [-0.2, 0) is 9.59 Å². The number of carboxylic acids is 1. The molecule has 0 aliphatic carbocycles. The van der Waals surface area contributed by atoms with Crippen LogP contribution in [0, 0.1) is 5.92 Å². The Bertz CT molecular complexity index is 296. The van der Waals surface area contributed by atoms with E-state index in [0.29, 0.717) is 26.1 Å². The second-order valence-corrected chi connectivity index (χ2v) is 4.77. The summed E-state index contributed by atoms with van der Waals surface area (Å²) in [6.45, 7) is 7.03. The number of nitrogens with zero attached hydrogens (tertiary/aromatic N) is 1. The Balaban J connectivity index is 2.45. The molecule has 0 radical (unpaired) electrons. The smallest absolute Gasteiger partial charge is 0.307 e. The number of rotatable bonds is 6. The zero-order valence-corrected chi connectivity index (χ0v) is 11.1. The molecule has 104 valence electrons. The molecule has 18 heavy (non-hydrogen) atoms. The summed E-state index contributed by atoms with van der Waals surface area (Å²) in [5.41, 5.74) is 0. The van der Waals surface area contributed by atoms with Crippen LogP contribution in [0.3, 0.4) is 0 Å². The molecule has 2 unspecified atom stereocenters. The maximum Gasteiger partial charge on any atom is 0.307 e. The highest BCUT2D eigenvalue weighted by Gasteiger charge is 2.30. The average molecular weight is 257 g/mol. The number of carbonyl (C=O) groups excluding carboxylic acids is 1. The first-order chi connectivity index (χ1) is 8.52. The third-order valence-electron chi connectivity index (χ3n) is 3.17. The molecule has 0 aromatic rings. The van der Waals surface area contributed by atoms with E-state index < -0.39 is 5.97 Å². The third kappa shape index (κ3) is 5.01. The summed E-state index contributed by atoms with van der Waals surface area (Å²) < 4.78 is 0. The monoisotopic (exact) mass is 257 g/mol. The maximum absolute atomic E-state index is 11.1. The van der Waals surface area contributed by atoms with Crippen molar-refractivity contribution in [2.45, 2.75) is 26.3 Å². The Morgan fingerprint density at radius 1 is 1.39 bits per heavy atom. The molecule has 6 heteroatoms. The minimum atomic E-state index is -0.734. The molecule has 0 aromatic carbocycles. The molecule has 1 amide bonds. The number of piperidine rings is 1. The van der Waals surface area contributed by atoms with E-state index in [0.717, 1.165) is 13.1 Å². The number of amides is 1. The van der Waals surface area contributed by atoms with Gasteiger partial charge in [-0.3, -0.25) is 14.5 Å². The highest BCUT2D eigenvalue weighted by Crippen LogP contribution is 2.16. The highest BCUT2D eigenvalue weighted by molar-refractivity contribution is 5.72. The van der Waals surface area contributed by atoms with Gasteiger partial charge in [0.1, 0.15) is 0 Å². The summed E-state index contributed by atoms with van der Waals surface area (Å²) in [5, 5.41) is 15.2. The molecular formula is C12H23N3O3. The minimum absolute atomic E-state index is 0.0509. The van der Waals surface area contributed by atoms with E-state index in [2.05, 4.69) is 15.5 Å². The van der Waals surface area contributed by atoms with Gasteiger partial charge in [0.15, 0.2) is 0 Å². The van der Waals surface area contributed by atoms with Crippen molar-refractivity contribution >= 4 is 11.9 Å². The van der Waals surface area contributed by atoms with Crippen molar-refractivity contribution in [3.63, 3.8) is 0 Å². The number of carboxylic acid groups (broad SMARTS) is 1. The molecule has 3 N–H and O–H groups in total. The van der Waals surface area contributed by atoms with E-state index in [1.165, 1.54) is 6.92 Å². The lowest BCUT2D eigenvalue weighted by atomic mass is 9.94. The zero-order chi connectivity index (χ0) is 13.5. The van der Waals surface area contributed by atoms with Gasteiger partial charge >= 0.3 is 5.97 Å². The first-order valence-electron chi connectivity index (χ1n) is 6.46. The molecule has 1 saturated heterocycles. The lowest BCUT2D eigenvalue weighted by molar-refractivity contribution is -0.144. The summed E-state index contributed by atoms with van der Waals surface area (Å²) >= 11 is 0. The summed E-state index contributed by atoms with van der Waals surface area (Å²) in [5.74, 6) is -1.10. The van der Waals surface area contributed by atoms with Crippen LogP contribution in [0.5, 0.6) is 0 Å². The van der Waals surface area contributed by atoms with Crippen LogP contribution in [0.1, 0.15) is 20.3 Å². The molecule has 0 saturated carbocycles. The predicted octanol–water partition coefficient (Wildman–Crippen LogP) is -0.493. The van der Waals surface area contributed by atoms with E-state index in [-0.39, 0.29) is 17.9 Å². The van der Waals surface area contributed by atoms with Crippen LogP contribution in [0.4, 0.5) is 0 Å². The van der Waals surface area contributed by atoms with Gasteiger partial charge in [0, 0.05) is 39.1 Å². The maximum atomic E-state index is 11.1. The molecule has 0 spiro atoms. The van der Waals surface area contributed by atoms with E-state index in [1.807, 2.05) is 6.92 Å². The molecule has 0 bridgehead atoms. The van der Waals surface area contributed by atoms with Crippen LogP contribution in [0.25, 0.3) is 0 Å². The molecular weight excluding hydrogens is 234 g/mol. The topological polar surface area (TPSA) is 81.7 Å². The minimum Gasteiger partial charge on any atom is -0.481 e. The van der Waals surface area contributed by atoms with Crippen molar-refractivity contribution < 1.29 is 14.7 Å². The van der Waals surface area contributed by atoms with Gasteiger partial charge in [-0.15, -0.1) is 0 Å². The van der Waals surface area contributed by atoms with Crippen molar-refractivity contribution in [2.75, 3.05) is 32.7 Å². The Kier molecular flexibility index (Phi) is 6.07. The van der Waals surface area contributed by atoms with Gasteiger partial charge < -0.3 is 15.7 Å². The first-order valence-corrected chi connectivity index (χ1v) is 6.46. The number of likely N-dealkylation sites (tertiary alicyclic amines) is 1. The summed E-state index contributed by atoms with van der Waals surface area (Å²) in [6, 6.07) is 0.224. The number of carbonyl (C=O) groups is 2. The molecule has 1 rings (SSSR count). The molecule has 1 fully saturated rings. The van der Waals surface area contributed by atoms with Crippen LogP contribution in [0.15, 0.2) is 0 Å². The fraction of sp³-hybridized carbons (Fsp3) is 0.833. The normalized spacial score (nSPS) is 24.8. The highest BCUT2D eigenvalue weighted by atomic mass is 16.4. The van der Waals surface area contributed by atoms with E-state index in [9.17, 15) is 9.59 Å². The molecule has 0 aromatic heterocycles. The average Bonchev–Trinajstić information content (AvgIpc) is 2.28. The quantitative estimate of drug-likeness (QED) is 0.598. The third-order valence-corrected chi connectivity index (χ3v) is 3.17. The second-order valence-electron chi connectivity index (χ2n) is 4.77. The molecule has 2 atom stereocenters. The number of nitrogens with one attached hydrogen (secondary N) is 2. The predicted molar refractivity (Wildman–Crippen MR) is 68.3 cm³/mol. The van der Waals surface area contributed by atoms with Gasteiger partial charge in [-0.2, -0.15) is 0 Å². The standard InChI is InChI=1S/C12H23N3O3/c1-3-13-11-6-10(12(17)18)7-15(8-11)5-4-14-9(2)16/h10-11,13H,3-8H2,1-2H3,(H,14,16)(H,17,18). The molecule has 1 heterocycles. The fourth-order valence-electron chi connectivity index (χ4n) is 2.38. The second kappa shape index (κ2) is 7.33. The van der Waals surface area contributed by atoms with Gasteiger partial charge in [-0.05, 0) is 13.0 Å². The zero-order valence-electron chi connectivity index (χ0n) is 11.1. The van der Waals surface area contributed by atoms with E-state index in [4.69, 9.17) is 5.11 Å². The van der Waals surface area contributed by atoms with E-state index in [1.54, 1.807) is 0 Å². The van der Waals surface area contributed by atoms with Gasteiger partial charge in [0.2, 0.25) is 5.91 Å². The largest absolute Gasteiger partial charge is 0.481 e. The van der Waals surface area contributed by atoms with Crippen molar-refractivity contribution in [2.24, 2.45) is 5.92 Å². The van der Waals surface area contributed by atoms with Gasteiger partial charge in [0.05, 0.1) is 5.92 Å². The van der Waals surface area contributed by atoms with Crippen molar-refractivity contribution in [1.82, 2.24) is 15.5 Å². The Morgan fingerprint density at radius 2 is 2.11 bits per heavy atom. The first kappa shape index (κ1) is 14.9. The van der Waals surface area contributed by atoms with Gasteiger partial charge in [-0.1, -0.05) is 6.92 Å². The lowest BCUT2D eigenvalue weighted by Gasteiger charge is -2.36. The number of hydrogen-bond donors (Lipinski definition) is 3. The Labute approximate surface area is 108 Å². The van der Waals surface area contributed by atoms with Gasteiger partial charge in [-0.25, -0.2) is 0 Å². The summed E-state index contributed by atoms with van der Waals surface area (Å²) in [4.78, 5) is 24.0. The Morgan fingerprint density at radius 3 is 2.67 bits per heavy atom. The molecule has 1 aliphatic heterocycles. The van der Waals surface area contributed by atoms with Crippen molar-refractivity contribution in [3.05, 3.63) is 0 Å². The Hall–Kier alpha value is -1.14. The van der Waals surface area contributed by atoms with Crippen LogP contribution < -0.4 is 10.6 Å². The molecule has 6 nitrogen and oxygen atoms in total. The van der Waals surface area contributed by atoms with Crippen molar-refractivity contribution in [1.29, 1.82) is 0 Å². The van der Waals surface area contributed by atoms with Gasteiger partial charge in [0.25, 0.3) is 0 Å². The number of aliphatic carboxylic acids is 1. The lowest BCUT2D eigenvalue weighted by Crippen LogP contribution is -2.52. The summed E-state index contributed by atoms with van der Waals surface area (Å²) in [7, 11) is 0. The van der Waals surface area contributed by atoms with Crippen molar-refractivity contribution in [3.8, 4) is 0 Å². The summed E-state index contributed by atoms with van der Waals surface area (Å²) in [6.07, 6.45) is 0.680. The van der Waals surface area contributed by atoms with Crippen LogP contribution in [-0.4, -0.2) is 60.6 Å².